The van der Waals surface area contributed by atoms with Crippen LogP contribution in [0.5, 0.6) is 0 Å². The van der Waals surface area contributed by atoms with E-state index in [0.717, 1.165) is 25.8 Å². The Kier molecular flexibility index (Phi) is 9.74. The number of likely N-dealkylation sites (tertiary alicyclic amines) is 1. The van der Waals surface area contributed by atoms with E-state index in [4.69, 9.17) is 9.47 Å². The highest BCUT2D eigenvalue weighted by Gasteiger charge is 2.39. The summed E-state index contributed by atoms with van der Waals surface area (Å²) in [7, 11) is 5.16. The summed E-state index contributed by atoms with van der Waals surface area (Å²) in [6.45, 7) is 10.8. The van der Waals surface area contributed by atoms with Crippen LogP contribution in [0.15, 0.2) is 0 Å². The zero-order valence-electron chi connectivity index (χ0n) is 18.5. The fraction of sp³-hybridized carbons (Fsp3) is 0.905. The molecule has 0 aromatic rings. The third kappa shape index (κ3) is 5.92. The second-order valence-electron chi connectivity index (χ2n) is 8.23. The number of carbonyl (C=O) groups excluding carboxylic acids is 2. The standard InChI is InChI=1S/C21H40N2O4/c1-9-15(4)20(22(6)16(5)24)18(26-7)13-19(25)23-12-10-11-17(23)21(27-8)14(2)3/h14-15,17-18,20-21H,9-13H2,1-8H3. The first-order valence-electron chi connectivity index (χ1n) is 10.3. The van der Waals surface area contributed by atoms with Crippen LogP contribution < -0.4 is 0 Å². The summed E-state index contributed by atoms with van der Waals surface area (Å²) in [5.74, 6) is 0.683. The van der Waals surface area contributed by atoms with E-state index < -0.39 is 0 Å². The Hall–Kier alpha value is -1.14. The van der Waals surface area contributed by atoms with Crippen molar-refractivity contribution < 1.29 is 19.1 Å². The van der Waals surface area contributed by atoms with Crippen LogP contribution >= 0.6 is 0 Å². The number of hydrogen-bond acceptors (Lipinski definition) is 4. The average molecular weight is 385 g/mol. The van der Waals surface area contributed by atoms with E-state index in [-0.39, 0.29) is 48.4 Å². The number of rotatable bonds is 10. The van der Waals surface area contributed by atoms with Crippen LogP contribution in [0.1, 0.15) is 60.3 Å². The Bertz CT molecular complexity index is 483. The largest absolute Gasteiger partial charge is 0.379 e. The fourth-order valence-electron chi connectivity index (χ4n) is 4.40. The van der Waals surface area contributed by atoms with E-state index in [1.165, 1.54) is 0 Å². The lowest BCUT2D eigenvalue weighted by molar-refractivity contribution is -0.143. The van der Waals surface area contributed by atoms with Crippen molar-refractivity contribution in [1.29, 1.82) is 0 Å². The molecule has 27 heavy (non-hydrogen) atoms. The highest BCUT2D eigenvalue weighted by atomic mass is 16.5. The summed E-state index contributed by atoms with van der Waals surface area (Å²) < 4.78 is 11.4. The number of methoxy groups -OCH3 is 2. The van der Waals surface area contributed by atoms with E-state index in [2.05, 4.69) is 27.7 Å². The van der Waals surface area contributed by atoms with Crippen LogP contribution in [-0.2, 0) is 19.1 Å². The summed E-state index contributed by atoms with van der Waals surface area (Å²) in [5, 5.41) is 0. The molecule has 1 heterocycles. The molecule has 1 aliphatic heterocycles. The Balaban J connectivity index is 2.96. The minimum absolute atomic E-state index is 0.00639. The highest BCUT2D eigenvalue weighted by molar-refractivity contribution is 5.78. The molecular formula is C21H40N2O4. The molecule has 1 rings (SSSR count). The molecule has 5 unspecified atom stereocenters. The summed E-state index contributed by atoms with van der Waals surface area (Å²) in [5.41, 5.74) is 0. The van der Waals surface area contributed by atoms with Gasteiger partial charge in [0.25, 0.3) is 0 Å². The van der Waals surface area contributed by atoms with E-state index in [1.54, 1.807) is 33.1 Å². The molecule has 0 aromatic heterocycles. The molecule has 6 nitrogen and oxygen atoms in total. The van der Waals surface area contributed by atoms with Gasteiger partial charge in [0.2, 0.25) is 11.8 Å². The summed E-state index contributed by atoms with van der Waals surface area (Å²) in [6, 6.07) is -0.00147. The van der Waals surface area contributed by atoms with Gasteiger partial charge in [-0.05, 0) is 24.7 Å². The molecule has 0 radical (unpaired) electrons. The van der Waals surface area contributed by atoms with Gasteiger partial charge in [0, 0.05) is 34.7 Å². The molecule has 5 atom stereocenters. The number of nitrogens with zero attached hydrogens (tertiary/aromatic N) is 2. The average Bonchev–Trinajstić information content (AvgIpc) is 3.10. The normalized spacial score (nSPS) is 21.8. The first kappa shape index (κ1) is 23.9. The van der Waals surface area contributed by atoms with Gasteiger partial charge >= 0.3 is 0 Å². The van der Waals surface area contributed by atoms with Gasteiger partial charge in [-0.15, -0.1) is 0 Å². The van der Waals surface area contributed by atoms with Gasteiger partial charge < -0.3 is 19.3 Å². The Labute approximate surface area is 165 Å². The fourth-order valence-corrected chi connectivity index (χ4v) is 4.40. The molecule has 6 heteroatoms. The Morgan fingerprint density at radius 3 is 2.26 bits per heavy atom. The summed E-state index contributed by atoms with van der Waals surface area (Å²) >= 11 is 0. The number of amides is 2. The van der Waals surface area contributed by atoms with Crippen LogP contribution in [0, 0.1) is 11.8 Å². The van der Waals surface area contributed by atoms with E-state index >= 15 is 0 Å². The highest BCUT2D eigenvalue weighted by Crippen LogP contribution is 2.28. The summed E-state index contributed by atoms with van der Waals surface area (Å²) in [4.78, 5) is 28.8. The van der Waals surface area contributed by atoms with Gasteiger partial charge in [-0.1, -0.05) is 34.1 Å². The van der Waals surface area contributed by atoms with Crippen molar-refractivity contribution in [3.8, 4) is 0 Å². The van der Waals surface area contributed by atoms with Gasteiger partial charge in [-0.25, -0.2) is 0 Å². The predicted octanol–water partition coefficient (Wildman–Crippen LogP) is 2.95. The molecule has 1 aliphatic rings. The third-order valence-corrected chi connectivity index (χ3v) is 6.16. The van der Waals surface area contributed by atoms with Gasteiger partial charge in [-0.3, -0.25) is 9.59 Å². The van der Waals surface area contributed by atoms with Crippen LogP contribution in [0.2, 0.25) is 0 Å². The number of hydrogen-bond donors (Lipinski definition) is 0. The lowest BCUT2D eigenvalue weighted by Gasteiger charge is -2.38. The molecule has 0 aromatic carbocycles. The van der Waals surface area contributed by atoms with Crippen molar-refractivity contribution in [2.24, 2.45) is 11.8 Å². The zero-order valence-corrected chi connectivity index (χ0v) is 18.5. The smallest absolute Gasteiger partial charge is 0.225 e. The molecule has 0 aliphatic carbocycles. The molecule has 1 saturated heterocycles. The molecule has 0 bridgehead atoms. The molecule has 0 N–H and O–H groups in total. The number of ether oxygens (including phenoxy) is 2. The van der Waals surface area contributed by atoms with E-state index in [9.17, 15) is 9.59 Å². The van der Waals surface area contributed by atoms with Gasteiger partial charge in [0.05, 0.1) is 30.7 Å². The summed E-state index contributed by atoms with van der Waals surface area (Å²) in [6.07, 6.45) is 2.91. The van der Waals surface area contributed by atoms with Crippen molar-refractivity contribution in [2.75, 3.05) is 27.8 Å². The van der Waals surface area contributed by atoms with Crippen molar-refractivity contribution >= 4 is 11.8 Å². The number of carbonyl (C=O) groups is 2. The maximum Gasteiger partial charge on any atom is 0.225 e. The van der Waals surface area contributed by atoms with Crippen molar-refractivity contribution in [1.82, 2.24) is 9.80 Å². The monoisotopic (exact) mass is 384 g/mol. The lowest BCUT2D eigenvalue weighted by atomic mass is 9.90. The molecule has 0 spiro atoms. The molecule has 158 valence electrons. The topological polar surface area (TPSA) is 59.1 Å². The maximum atomic E-state index is 13.2. The first-order valence-corrected chi connectivity index (χ1v) is 10.3. The third-order valence-electron chi connectivity index (χ3n) is 6.16. The van der Waals surface area contributed by atoms with Crippen molar-refractivity contribution in [2.45, 2.75) is 84.6 Å². The van der Waals surface area contributed by atoms with Crippen LogP contribution in [0.3, 0.4) is 0 Å². The second-order valence-corrected chi connectivity index (χ2v) is 8.23. The molecular weight excluding hydrogens is 344 g/mol. The Morgan fingerprint density at radius 2 is 1.81 bits per heavy atom. The van der Waals surface area contributed by atoms with Gasteiger partial charge in [0.1, 0.15) is 0 Å². The Morgan fingerprint density at radius 1 is 1.19 bits per heavy atom. The minimum atomic E-state index is -0.317. The van der Waals surface area contributed by atoms with Gasteiger partial charge in [-0.2, -0.15) is 0 Å². The minimum Gasteiger partial charge on any atom is -0.379 e. The quantitative estimate of drug-likeness (QED) is 0.581. The van der Waals surface area contributed by atoms with Gasteiger partial charge in [0.15, 0.2) is 0 Å². The molecule has 0 saturated carbocycles. The predicted molar refractivity (Wildman–Crippen MR) is 107 cm³/mol. The lowest BCUT2D eigenvalue weighted by Crippen LogP contribution is -2.51. The maximum absolute atomic E-state index is 13.2. The zero-order chi connectivity index (χ0) is 20.7. The number of likely N-dealkylation sites (N-methyl/N-ethyl adjacent to an activating group) is 1. The molecule has 2 amide bonds. The molecule has 1 fully saturated rings. The van der Waals surface area contributed by atoms with E-state index in [0.29, 0.717) is 5.92 Å². The van der Waals surface area contributed by atoms with E-state index in [1.807, 2.05) is 4.90 Å². The van der Waals surface area contributed by atoms with Crippen molar-refractivity contribution in [3.63, 3.8) is 0 Å². The van der Waals surface area contributed by atoms with Crippen LogP contribution in [-0.4, -0.2) is 73.7 Å². The first-order chi connectivity index (χ1) is 12.7. The van der Waals surface area contributed by atoms with Crippen molar-refractivity contribution in [3.05, 3.63) is 0 Å². The second kappa shape index (κ2) is 11.0. The van der Waals surface area contributed by atoms with Crippen LogP contribution in [0.4, 0.5) is 0 Å². The SMILES string of the molecule is CCC(C)C(C(CC(=O)N1CCCC1C(OC)C(C)C)OC)N(C)C(C)=O. The van der Waals surface area contributed by atoms with Crippen LogP contribution in [0.25, 0.3) is 0 Å².